The van der Waals surface area contributed by atoms with Gasteiger partial charge in [0, 0.05) is 6.07 Å². The number of hydrogen-bond acceptors (Lipinski definition) is 4. The quantitative estimate of drug-likeness (QED) is 0.813. The Labute approximate surface area is 147 Å². The normalized spacial score (nSPS) is 12.8. The molecule has 9 heteroatoms. The molecule has 0 aliphatic heterocycles. The van der Waals surface area contributed by atoms with E-state index in [1.807, 2.05) is 13.8 Å². The summed E-state index contributed by atoms with van der Waals surface area (Å²) >= 11 is 0. The van der Waals surface area contributed by atoms with Crippen LogP contribution in [0.1, 0.15) is 47.3 Å². The molecule has 0 unspecified atom stereocenters. The molecule has 6 nitrogen and oxygen atoms in total. The van der Waals surface area contributed by atoms with Crippen LogP contribution in [0.3, 0.4) is 0 Å². The summed E-state index contributed by atoms with van der Waals surface area (Å²) in [7, 11) is 0. The molecule has 1 amide bonds. The van der Waals surface area contributed by atoms with Crippen molar-refractivity contribution in [3.63, 3.8) is 0 Å². The van der Waals surface area contributed by atoms with Gasteiger partial charge >= 0.3 is 12.1 Å². The number of alkyl halides is 3. The van der Waals surface area contributed by atoms with Crippen LogP contribution in [-0.4, -0.2) is 22.1 Å². The molecule has 2 N–H and O–H groups in total. The van der Waals surface area contributed by atoms with Gasteiger partial charge in [0.05, 0.1) is 11.3 Å². The fraction of sp³-hybridized carbons (Fsp3) is 0.353. The van der Waals surface area contributed by atoms with E-state index >= 15 is 0 Å². The Bertz CT molecular complexity index is 799. The monoisotopic (exact) mass is 370 g/mol. The van der Waals surface area contributed by atoms with Crippen molar-refractivity contribution in [1.29, 1.82) is 0 Å². The van der Waals surface area contributed by atoms with Crippen molar-refractivity contribution >= 4 is 11.9 Å². The van der Waals surface area contributed by atoms with E-state index in [1.54, 1.807) is 0 Å². The molecule has 0 aliphatic rings. The third-order valence-electron chi connectivity index (χ3n) is 3.50. The van der Waals surface area contributed by atoms with Crippen LogP contribution in [0, 0.1) is 5.92 Å². The van der Waals surface area contributed by atoms with Crippen LogP contribution in [0.2, 0.25) is 0 Å². The third kappa shape index (κ3) is 4.62. The number of carbonyl (C=O) groups is 2. The van der Waals surface area contributed by atoms with E-state index in [9.17, 15) is 27.9 Å². The minimum atomic E-state index is -4.76. The van der Waals surface area contributed by atoms with Crippen molar-refractivity contribution < 1.29 is 32.4 Å². The number of benzene rings is 1. The summed E-state index contributed by atoms with van der Waals surface area (Å²) in [6, 6.07) is 3.62. The number of hydrogen-bond donors (Lipinski definition) is 2. The van der Waals surface area contributed by atoms with E-state index in [-0.39, 0.29) is 11.7 Å². The minimum absolute atomic E-state index is 0.251. The van der Waals surface area contributed by atoms with Gasteiger partial charge < -0.3 is 14.9 Å². The Kier molecular flexibility index (Phi) is 5.69. The van der Waals surface area contributed by atoms with Crippen molar-refractivity contribution in [2.75, 3.05) is 0 Å². The van der Waals surface area contributed by atoms with Crippen LogP contribution in [0.25, 0.3) is 0 Å². The Morgan fingerprint density at radius 3 is 2.50 bits per heavy atom. The van der Waals surface area contributed by atoms with E-state index in [0.29, 0.717) is 12.1 Å². The van der Waals surface area contributed by atoms with E-state index in [2.05, 4.69) is 10.5 Å². The van der Waals surface area contributed by atoms with Gasteiger partial charge in [0.1, 0.15) is 0 Å². The first-order valence-electron chi connectivity index (χ1n) is 7.75. The second-order valence-electron chi connectivity index (χ2n) is 6.11. The molecule has 0 aliphatic carbocycles. The maximum absolute atomic E-state index is 13.1. The van der Waals surface area contributed by atoms with Crippen LogP contribution in [0.5, 0.6) is 0 Å². The SMILES string of the molecule is CC(C)Cc1cc(C(=O)N[C@@H](C(=O)O)c2ccccc2C(F)(F)F)on1. The van der Waals surface area contributed by atoms with Gasteiger partial charge in [-0.15, -0.1) is 0 Å². The van der Waals surface area contributed by atoms with Crippen molar-refractivity contribution in [3.8, 4) is 0 Å². The predicted octanol–water partition coefficient (Wildman–Crippen LogP) is 3.45. The average Bonchev–Trinajstić information content (AvgIpc) is 2.99. The van der Waals surface area contributed by atoms with Gasteiger partial charge in [0.2, 0.25) is 5.76 Å². The van der Waals surface area contributed by atoms with Gasteiger partial charge in [-0.2, -0.15) is 13.2 Å². The molecular formula is C17H17F3N2O4. The Balaban J connectivity index is 2.28. The summed E-state index contributed by atoms with van der Waals surface area (Å²) in [6.07, 6.45) is -4.22. The number of nitrogens with one attached hydrogen (secondary N) is 1. The molecule has 140 valence electrons. The molecule has 0 saturated heterocycles. The lowest BCUT2D eigenvalue weighted by Crippen LogP contribution is -2.35. The first-order chi connectivity index (χ1) is 12.1. The number of aliphatic carboxylic acids is 1. The van der Waals surface area contributed by atoms with Crippen LogP contribution in [0.15, 0.2) is 34.9 Å². The zero-order valence-corrected chi connectivity index (χ0v) is 14.0. The molecule has 2 rings (SSSR count). The average molecular weight is 370 g/mol. The van der Waals surface area contributed by atoms with Crippen molar-refractivity contribution in [2.45, 2.75) is 32.5 Å². The number of halogens is 3. The summed E-state index contributed by atoms with van der Waals surface area (Å²) in [5, 5.41) is 15.1. The molecule has 0 spiro atoms. The molecule has 0 bridgehead atoms. The lowest BCUT2D eigenvalue weighted by Gasteiger charge is -2.19. The summed E-state index contributed by atoms with van der Waals surface area (Å²) in [5.41, 5.74) is -1.21. The van der Waals surface area contributed by atoms with Gasteiger partial charge in [-0.1, -0.05) is 37.2 Å². The van der Waals surface area contributed by atoms with Gasteiger partial charge in [-0.05, 0) is 24.0 Å². The summed E-state index contributed by atoms with van der Waals surface area (Å²) < 4.78 is 44.2. The summed E-state index contributed by atoms with van der Waals surface area (Å²) in [5.74, 6) is -2.60. The molecule has 26 heavy (non-hydrogen) atoms. The molecule has 2 aromatic rings. The fourth-order valence-corrected chi connectivity index (χ4v) is 2.41. The van der Waals surface area contributed by atoms with Crippen LogP contribution >= 0.6 is 0 Å². The second-order valence-corrected chi connectivity index (χ2v) is 6.11. The molecule has 0 fully saturated rings. The molecule has 1 aromatic heterocycles. The molecular weight excluding hydrogens is 353 g/mol. The highest BCUT2D eigenvalue weighted by Gasteiger charge is 2.37. The first kappa shape index (κ1) is 19.5. The van der Waals surface area contributed by atoms with Gasteiger partial charge in [0.15, 0.2) is 6.04 Å². The van der Waals surface area contributed by atoms with E-state index in [1.165, 1.54) is 12.1 Å². The van der Waals surface area contributed by atoms with Gasteiger partial charge in [0.25, 0.3) is 5.91 Å². The minimum Gasteiger partial charge on any atom is -0.479 e. The topological polar surface area (TPSA) is 92.4 Å². The summed E-state index contributed by atoms with van der Waals surface area (Å²) in [6.45, 7) is 3.87. The maximum Gasteiger partial charge on any atom is 0.416 e. The zero-order chi connectivity index (χ0) is 19.5. The van der Waals surface area contributed by atoms with Crippen molar-refractivity contribution in [1.82, 2.24) is 10.5 Å². The molecule has 1 aromatic carbocycles. The van der Waals surface area contributed by atoms with Gasteiger partial charge in [-0.25, -0.2) is 4.79 Å². The Morgan fingerprint density at radius 1 is 1.27 bits per heavy atom. The highest BCUT2D eigenvalue weighted by molar-refractivity contribution is 5.94. The zero-order valence-electron chi connectivity index (χ0n) is 14.0. The number of carboxylic acids is 1. The lowest BCUT2D eigenvalue weighted by molar-refractivity contribution is -0.142. The van der Waals surface area contributed by atoms with Gasteiger partial charge in [-0.3, -0.25) is 4.79 Å². The number of rotatable bonds is 6. The standard InChI is InChI=1S/C17H17F3N2O4/c1-9(2)7-10-8-13(26-22-10)15(23)21-14(16(24)25)11-5-3-4-6-12(11)17(18,19)20/h3-6,8-9,14H,7H2,1-2H3,(H,21,23)(H,24,25)/t14-/m1/s1. The molecule has 0 saturated carbocycles. The third-order valence-corrected chi connectivity index (χ3v) is 3.50. The number of carboxylic acid groups (broad SMARTS) is 1. The largest absolute Gasteiger partial charge is 0.479 e. The molecule has 1 heterocycles. The first-order valence-corrected chi connectivity index (χ1v) is 7.75. The van der Waals surface area contributed by atoms with E-state index in [4.69, 9.17) is 4.52 Å². The number of carbonyl (C=O) groups excluding carboxylic acids is 1. The van der Waals surface area contributed by atoms with E-state index < -0.39 is 35.2 Å². The number of amides is 1. The number of nitrogens with zero attached hydrogens (tertiary/aromatic N) is 1. The second kappa shape index (κ2) is 7.59. The van der Waals surface area contributed by atoms with E-state index in [0.717, 1.165) is 18.2 Å². The lowest BCUT2D eigenvalue weighted by atomic mass is 9.99. The highest BCUT2D eigenvalue weighted by atomic mass is 19.4. The summed E-state index contributed by atoms with van der Waals surface area (Å²) in [4.78, 5) is 23.7. The fourth-order valence-electron chi connectivity index (χ4n) is 2.41. The smallest absolute Gasteiger partial charge is 0.416 e. The van der Waals surface area contributed by atoms with Crippen molar-refractivity contribution in [2.24, 2.45) is 5.92 Å². The number of aromatic nitrogens is 1. The van der Waals surface area contributed by atoms with Crippen LogP contribution < -0.4 is 5.32 Å². The Hall–Kier alpha value is -2.84. The Morgan fingerprint density at radius 2 is 1.92 bits per heavy atom. The maximum atomic E-state index is 13.1. The molecule has 1 atom stereocenters. The van der Waals surface area contributed by atoms with Crippen LogP contribution in [0.4, 0.5) is 13.2 Å². The van der Waals surface area contributed by atoms with Crippen molar-refractivity contribution in [3.05, 3.63) is 52.9 Å². The highest BCUT2D eigenvalue weighted by Crippen LogP contribution is 2.34. The predicted molar refractivity (Wildman–Crippen MR) is 84.3 cm³/mol. The molecule has 0 radical (unpaired) electrons. The van der Waals surface area contributed by atoms with Crippen LogP contribution in [-0.2, 0) is 17.4 Å².